The van der Waals surface area contributed by atoms with Gasteiger partial charge in [0, 0.05) is 11.0 Å². The van der Waals surface area contributed by atoms with E-state index in [9.17, 15) is 14.0 Å². The molecule has 2 aromatic rings. The van der Waals surface area contributed by atoms with Crippen LogP contribution in [-0.4, -0.2) is 19.0 Å². The molecule has 0 radical (unpaired) electrons. The van der Waals surface area contributed by atoms with Crippen molar-refractivity contribution in [1.29, 1.82) is 0 Å². The number of esters is 1. The summed E-state index contributed by atoms with van der Waals surface area (Å²) in [6, 6.07) is 10.8. The molecule has 1 N–H and O–H groups in total. The van der Waals surface area contributed by atoms with E-state index in [1.54, 1.807) is 24.3 Å². The fourth-order valence-electron chi connectivity index (χ4n) is 1.83. The van der Waals surface area contributed by atoms with Crippen molar-refractivity contribution in [2.45, 2.75) is 6.54 Å². The minimum Gasteiger partial charge on any atom is -0.465 e. The Labute approximate surface area is 135 Å². The summed E-state index contributed by atoms with van der Waals surface area (Å²) in [4.78, 5) is 23.3. The number of halogens is 2. The molecule has 0 fully saturated rings. The highest BCUT2D eigenvalue weighted by molar-refractivity contribution is 9.10. The molecule has 4 nitrogen and oxygen atoms in total. The van der Waals surface area contributed by atoms with Gasteiger partial charge in [-0.05, 0) is 35.9 Å². The molecule has 0 bridgehead atoms. The lowest BCUT2D eigenvalue weighted by Crippen LogP contribution is -2.23. The molecule has 0 spiro atoms. The summed E-state index contributed by atoms with van der Waals surface area (Å²) in [6.07, 6.45) is 0. The van der Waals surface area contributed by atoms with Crippen molar-refractivity contribution in [2.24, 2.45) is 0 Å². The van der Waals surface area contributed by atoms with Gasteiger partial charge in [0.2, 0.25) is 0 Å². The van der Waals surface area contributed by atoms with E-state index < -0.39 is 17.7 Å². The predicted octanol–water partition coefficient (Wildman–Crippen LogP) is 3.30. The van der Waals surface area contributed by atoms with Crippen molar-refractivity contribution < 1.29 is 18.7 Å². The van der Waals surface area contributed by atoms with E-state index in [2.05, 4.69) is 26.0 Å². The maximum Gasteiger partial charge on any atom is 0.337 e. The van der Waals surface area contributed by atoms with Gasteiger partial charge in [0.05, 0.1) is 18.2 Å². The Bertz CT molecular complexity index is 701. The second-order valence-corrected chi connectivity index (χ2v) is 5.41. The largest absolute Gasteiger partial charge is 0.465 e. The Morgan fingerprint density at radius 1 is 1.18 bits per heavy atom. The van der Waals surface area contributed by atoms with Crippen LogP contribution >= 0.6 is 15.9 Å². The monoisotopic (exact) mass is 365 g/mol. The van der Waals surface area contributed by atoms with E-state index in [0.29, 0.717) is 10.0 Å². The van der Waals surface area contributed by atoms with Gasteiger partial charge in [-0.2, -0.15) is 0 Å². The van der Waals surface area contributed by atoms with Gasteiger partial charge in [0.15, 0.2) is 0 Å². The molecule has 114 valence electrons. The minimum atomic E-state index is -0.582. The SMILES string of the molecule is COC(=O)c1ccc(CNC(=O)c2cc(Br)ccc2F)cc1. The van der Waals surface area contributed by atoms with Crippen LogP contribution in [0, 0.1) is 5.82 Å². The molecule has 0 saturated heterocycles. The molecule has 2 rings (SSSR count). The van der Waals surface area contributed by atoms with E-state index in [4.69, 9.17) is 0 Å². The topological polar surface area (TPSA) is 55.4 Å². The predicted molar refractivity (Wildman–Crippen MR) is 83.1 cm³/mol. The van der Waals surface area contributed by atoms with Crippen molar-refractivity contribution in [3.05, 3.63) is 69.4 Å². The van der Waals surface area contributed by atoms with Crippen molar-refractivity contribution in [2.75, 3.05) is 7.11 Å². The van der Waals surface area contributed by atoms with Crippen LogP contribution < -0.4 is 5.32 Å². The van der Waals surface area contributed by atoms with Crippen molar-refractivity contribution in [1.82, 2.24) is 5.32 Å². The van der Waals surface area contributed by atoms with Crippen molar-refractivity contribution >= 4 is 27.8 Å². The maximum absolute atomic E-state index is 13.6. The number of benzene rings is 2. The van der Waals surface area contributed by atoms with Gasteiger partial charge in [-0.15, -0.1) is 0 Å². The average Bonchev–Trinajstić information content (AvgIpc) is 2.54. The first kappa shape index (κ1) is 16.2. The normalized spacial score (nSPS) is 10.1. The number of amides is 1. The fraction of sp³-hybridized carbons (Fsp3) is 0.125. The molecule has 0 aliphatic rings. The Balaban J connectivity index is 2.02. The lowest BCUT2D eigenvalue weighted by atomic mass is 10.1. The Hall–Kier alpha value is -2.21. The zero-order valence-electron chi connectivity index (χ0n) is 11.7. The van der Waals surface area contributed by atoms with Gasteiger partial charge in [-0.1, -0.05) is 28.1 Å². The Morgan fingerprint density at radius 3 is 2.50 bits per heavy atom. The van der Waals surface area contributed by atoms with Gasteiger partial charge in [-0.3, -0.25) is 4.79 Å². The molecular formula is C16H13BrFNO3. The molecule has 0 heterocycles. The summed E-state index contributed by atoms with van der Waals surface area (Å²) in [7, 11) is 1.31. The Morgan fingerprint density at radius 2 is 1.86 bits per heavy atom. The number of hydrogen-bond acceptors (Lipinski definition) is 3. The second-order valence-electron chi connectivity index (χ2n) is 4.50. The van der Waals surface area contributed by atoms with Crippen LogP contribution in [0.4, 0.5) is 4.39 Å². The summed E-state index contributed by atoms with van der Waals surface area (Å²) in [5, 5.41) is 2.63. The summed E-state index contributed by atoms with van der Waals surface area (Å²) >= 11 is 3.20. The zero-order chi connectivity index (χ0) is 16.1. The van der Waals surface area contributed by atoms with Crippen LogP contribution in [0.25, 0.3) is 0 Å². The minimum absolute atomic E-state index is 0.0273. The summed E-state index contributed by atoms with van der Waals surface area (Å²) in [6.45, 7) is 0.228. The van der Waals surface area contributed by atoms with Crippen LogP contribution in [0.1, 0.15) is 26.3 Å². The van der Waals surface area contributed by atoms with Crippen molar-refractivity contribution in [3.63, 3.8) is 0 Å². The summed E-state index contributed by atoms with van der Waals surface area (Å²) in [5.41, 5.74) is 1.19. The lowest BCUT2D eigenvalue weighted by molar-refractivity contribution is 0.0600. The first-order valence-corrected chi connectivity index (χ1v) is 7.21. The Kier molecular flexibility index (Phi) is 5.27. The van der Waals surface area contributed by atoms with Crippen LogP contribution in [0.15, 0.2) is 46.9 Å². The maximum atomic E-state index is 13.6. The molecule has 1 amide bonds. The molecule has 6 heteroatoms. The van der Waals surface area contributed by atoms with Crippen LogP contribution in [0.5, 0.6) is 0 Å². The lowest BCUT2D eigenvalue weighted by Gasteiger charge is -2.07. The van der Waals surface area contributed by atoms with Crippen LogP contribution in [0.3, 0.4) is 0 Å². The van der Waals surface area contributed by atoms with E-state index in [0.717, 1.165) is 5.56 Å². The number of carbonyl (C=O) groups is 2. The highest BCUT2D eigenvalue weighted by Crippen LogP contribution is 2.15. The molecule has 0 aromatic heterocycles. The van der Waals surface area contributed by atoms with E-state index >= 15 is 0 Å². The number of carbonyl (C=O) groups excluding carboxylic acids is 2. The van der Waals surface area contributed by atoms with Gasteiger partial charge < -0.3 is 10.1 Å². The molecule has 0 aliphatic heterocycles. The number of nitrogens with one attached hydrogen (secondary N) is 1. The zero-order valence-corrected chi connectivity index (χ0v) is 13.3. The van der Waals surface area contributed by atoms with E-state index in [-0.39, 0.29) is 12.1 Å². The number of hydrogen-bond donors (Lipinski definition) is 1. The third-order valence-corrected chi connectivity index (χ3v) is 3.49. The third kappa shape index (κ3) is 3.92. The average molecular weight is 366 g/mol. The molecule has 22 heavy (non-hydrogen) atoms. The molecular weight excluding hydrogens is 353 g/mol. The van der Waals surface area contributed by atoms with Crippen LogP contribution in [0.2, 0.25) is 0 Å². The number of methoxy groups -OCH3 is 1. The third-order valence-electron chi connectivity index (χ3n) is 3.00. The summed E-state index contributed by atoms with van der Waals surface area (Å²) < 4.78 is 18.8. The van der Waals surface area contributed by atoms with Gasteiger partial charge in [-0.25, -0.2) is 9.18 Å². The molecule has 0 atom stereocenters. The van der Waals surface area contributed by atoms with E-state index in [1.165, 1.54) is 25.3 Å². The molecule has 0 aliphatic carbocycles. The van der Waals surface area contributed by atoms with Gasteiger partial charge in [0.25, 0.3) is 5.91 Å². The van der Waals surface area contributed by atoms with Crippen molar-refractivity contribution in [3.8, 4) is 0 Å². The fourth-order valence-corrected chi connectivity index (χ4v) is 2.19. The number of ether oxygens (including phenoxy) is 1. The number of rotatable bonds is 4. The highest BCUT2D eigenvalue weighted by Gasteiger charge is 2.12. The van der Waals surface area contributed by atoms with Crippen LogP contribution in [-0.2, 0) is 11.3 Å². The molecule has 0 unspecified atom stereocenters. The first-order chi connectivity index (χ1) is 10.5. The highest BCUT2D eigenvalue weighted by atomic mass is 79.9. The molecule has 0 saturated carbocycles. The molecule has 2 aromatic carbocycles. The second kappa shape index (κ2) is 7.17. The van der Waals surface area contributed by atoms with Gasteiger partial charge >= 0.3 is 5.97 Å². The summed E-state index contributed by atoms with van der Waals surface area (Å²) in [5.74, 6) is -1.51. The van der Waals surface area contributed by atoms with Gasteiger partial charge in [0.1, 0.15) is 5.82 Å². The standard InChI is InChI=1S/C16H13BrFNO3/c1-22-16(21)11-4-2-10(3-5-11)9-19-15(20)13-8-12(17)6-7-14(13)18/h2-8H,9H2,1H3,(H,19,20). The smallest absolute Gasteiger partial charge is 0.337 e. The van der Waals surface area contributed by atoms with E-state index in [1.807, 2.05) is 0 Å². The first-order valence-electron chi connectivity index (χ1n) is 6.42. The quantitative estimate of drug-likeness (QED) is 0.845.